The highest BCUT2D eigenvalue weighted by molar-refractivity contribution is 5.69. The average molecular weight is 324 g/mol. The SMILES string of the molecule is CC[N+](CC)(CC)C(C)Oc1ccc(C=Cc2ccccc2)cc1. The molecule has 128 valence electrons. The Morgan fingerprint density at radius 3 is 1.79 bits per heavy atom. The minimum absolute atomic E-state index is 0.163. The quantitative estimate of drug-likeness (QED) is 0.356. The summed E-state index contributed by atoms with van der Waals surface area (Å²) >= 11 is 0. The van der Waals surface area contributed by atoms with Crippen LogP contribution in [0.3, 0.4) is 0 Å². The normalized spacial score (nSPS) is 13.2. The smallest absolute Gasteiger partial charge is 0.230 e. The molecule has 0 bridgehead atoms. The molecule has 0 saturated carbocycles. The van der Waals surface area contributed by atoms with Crippen molar-refractivity contribution in [1.29, 1.82) is 0 Å². The summed E-state index contributed by atoms with van der Waals surface area (Å²) < 4.78 is 7.20. The molecule has 1 atom stereocenters. The number of ether oxygens (including phenoxy) is 1. The molecule has 2 heteroatoms. The number of benzene rings is 2. The van der Waals surface area contributed by atoms with Gasteiger partial charge in [0.05, 0.1) is 19.6 Å². The zero-order valence-electron chi connectivity index (χ0n) is 15.4. The minimum atomic E-state index is 0.163. The molecular formula is C22H30NO+. The van der Waals surface area contributed by atoms with E-state index in [1.54, 1.807) is 0 Å². The van der Waals surface area contributed by atoms with Crippen molar-refractivity contribution in [2.75, 3.05) is 19.6 Å². The molecule has 0 spiro atoms. The molecule has 0 saturated heterocycles. The van der Waals surface area contributed by atoms with Gasteiger partial charge in [0.25, 0.3) is 0 Å². The molecule has 1 unspecified atom stereocenters. The van der Waals surface area contributed by atoms with E-state index in [-0.39, 0.29) is 6.23 Å². The lowest BCUT2D eigenvalue weighted by atomic mass is 10.1. The van der Waals surface area contributed by atoms with Gasteiger partial charge in [-0.1, -0.05) is 54.6 Å². The first-order chi connectivity index (χ1) is 11.6. The molecule has 0 N–H and O–H groups in total. The van der Waals surface area contributed by atoms with Crippen molar-refractivity contribution >= 4 is 12.2 Å². The van der Waals surface area contributed by atoms with Crippen LogP contribution in [0, 0.1) is 0 Å². The van der Waals surface area contributed by atoms with Crippen molar-refractivity contribution in [3.8, 4) is 5.75 Å². The van der Waals surface area contributed by atoms with Crippen molar-refractivity contribution < 1.29 is 9.22 Å². The third kappa shape index (κ3) is 4.48. The van der Waals surface area contributed by atoms with Gasteiger partial charge in [0, 0.05) is 6.92 Å². The highest BCUT2D eigenvalue weighted by Crippen LogP contribution is 2.20. The lowest BCUT2D eigenvalue weighted by Gasteiger charge is -2.40. The van der Waals surface area contributed by atoms with Crippen molar-refractivity contribution in [2.24, 2.45) is 0 Å². The Kier molecular flexibility index (Phi) is 6.62. The van der Waals surface area contributed by atoms with Crippen LogP contribution in [-0.2, 0) is 0 Å². The summed E-state index contributed by atoms with van der Waals surface area (Å²) in [6.07, 6.45) is 4.43. The molecule has 0 aromatic heterocycles. The van der Waals surface area contributed by atoms with E-state index >= 15 is 0 Å². The molecule has 0 heterocycles. The standard InChI is InChI=1S/C22H30NO/c1-5-23(6-2,7-3)19(4)24-22-17-15-21(16-18-22)14-13-20-11-9-8-10-12-20/h8-19H,5-7H2,1-4H3/q+1. The fourth-order valence-corrected chi connectivity index (χ4v) is 3.17. The van der Waals surface area contributed by atoms with E-state index in [1.807, 2.05) is 6.07 Å². The zero-order chi connectivity index (χ0) is 17.4. The fourth-order valence-electron chi connectivity index (χ4n) is 3.17. The number of rotatable bonds is 8. The third-order valence-electron chi connectivity index (χ3n) is 5.12. The van der Waals surface area contributed by atoms with E-state index < -0.39 is 0 Å². The summed E-state index contributed by atoms with van der Waals surface area (Å²) in [6, 6.07) is 18.7. The molecule has 0 aliphatic heterocycles. The minimum Gasteiger partial charge on any atom is -0.443 e. The first-order valence-electron chi connectivity index (χ1n) is 8.99. The van der Waals surface area contributed by atoms with Crippen LogP contribution in [0.4, 0.5) is 0 Å². The van der Waals surface area contributed by atoms with Gasteiger partial charge in [0.2, 0.25) is 6.23 Å². The molecule has 2 rings (SSSR count). The van der Waals surface area contributed by atoms with E-state index in [4.69, 9.17) is 4.74 Å². The number of quaternary nitrogens is 1. The van der Waals surface area contributed by atoms with Crippen molar-refractivity contribution in [2.45, 2.75) is 33.9 Å². The van der Waals surface area contributed by atoms with Gasteiger partial charge in [-0.25, -0.2) is 0 Å². The summed E-state index contributed by atoms with van der Waals surface area (Å²) in [6.45, 7) is 12.2. The maximum absolute atomic E-state index is 6.22. The van der Waals surface area contributed by atoms with Gasteiger partial charge in [0.1, 0.15) is 5.75 Å². The van der Waals surface area contributed by atoms with Crippen LogP contribution in [0.25, 0.3) is 12.2 Å². The molecule has 0 amide bonds. The Morgan fingerprint density at radius 1 is 0.792 bits per heavy atom. The summed E-state index contributed by atoms with van der Waals surface area (Å²) in [5, 5.41) is 0. The second-order valence-corrected chi connectivity index (χ2v) is 6.20. The Bertz CT molecular complexity index is 619. The predicted molar refractivity (Wildman–Crippen MR) is 104 cm³/mol. The first kappa shape index (κ1) is 18.3. The number of hydrogen-bond acceptors (Lipinski definition) is 1. The number of hydrogen-bond donors (Lipinski definition) is 0. The van der Waals surface area contributed by atoms with Gasteiger partial charge in [-0.15, -0.1) is 0 Å². The van der Waals surface area contributed by atoms with E-state index in [0.717, 1.165) is 29.9 Å². The van der Waals surface area contributed by atoms with Crippen LogP contribution in [-0.4, -0.2) is 30.3 Å². The Labute approximate surface area is 147 Å². The third-order valence-corrected chi connectivity index (χ3v) is 5.12. The van der Waals surface area contributed by atoms with Gasteiger partial charge in [-0.05, 0) is 44.0 Å². The van der Waals surface area contributed by atoms with Gasteiger partial charge in [-0.3, -0.25) is 4.48 Å². The fraction of sp³-hybridized carbons (Fsp3) is 0.364. The van der Waals surface area contributed by atoms with Crippen LogP contribution in [0.15, 0.2) is 54.6 Å². The molecule has 24 heavy (non-hydrogen) atoms. The molecule has 0 aliphatic rings. The molecule has 0 radical (unpaired) electrons. The van der Waals surface area contributed by atoms with E-state index in [1.165, 1.54) is 11.1 Å². The van der Waals surface area contributed by atoms with E-state index in [0.29, 0.717) is 0 Å². The van der Waals surface area contributed by atoms with Crippen molar-refractivity contribution in [1.82, 2.24) is 0 Å². The predicted octanol–water partition coefficient (Wildman–Crippen LogP) is 5.46. The van der Waals surface area contributed by atoms with Crippen LogP contribution >= 0.6 is 0 Å². The lowest BCUT2D eigenvalue weighted by molar-refractivity contribution is -0.961. The molecular weight excluding hydrogens is 294 g/mol. The molecule has 2 aromatic rings. The van der Waals surface area contributed by atoms with Crippen molar-refractivity contribution in [3.05, 3.63) is 65.7 Å². The first-order valence-corrected chi connectivity index (χ1v) is 8.99. The maximum atomic E-state index is 6.22. The van der Waals surface area contributed by atoms with Crippen molar-refractivity contribution in [3.63, 3.8) is 0 Å². The van der Waals surface area contributed by atoms with Crippen LogP contribution in [0.2, 0.25) is 0 Å². The summed E-state index contributed by atoms with van der Waals surface area (Å²) in [5.74, 6) is 0.942. The summed E-state index contributed by atoms with van der Waals surface area (Å²) in [5.41, 5.74) is 2.39. The highest BCUT2D eigenvalue weighted by atomic mass is 16.5. The summed E-state index contributed by atoms with van der Waals surface area (Å²) in [4.78, 5) is 0. The van der Waals surface area contributed by atoms with Gasteiger partial charge < -0.3 is 4.74 Å². The van der Waals surface area contributed by atoms with Crippen LogP contribution in [0.5, 0.6) is 5.75 Å². The molecule has 0 aliphatic carbocycles. The van der Waals surface area contributed by atoms with Gasteiger partial charge >= 0.3 is 0 Å². The molecule has 2 aromatic carbocycles. The zero-order valence-corrected chi connectivity index (χ0v) is 15.4. The van der Waals surface area contributed by atoms with Crippen LogP contribution in [0.1, 0.15) is 38.8 Å². The Morgan fingerprint density at radius 2 is 1.29 bits per heavy atom. The average Bonchev–Trinajstić information content (AvgIpc) is 2.64. The largest absolute Gasteiger partial charge is 0.443 e. The highest BCUT2D eigenvalue weighted by Gasteiger charge is 2.30. The second-order valence-electron chi connectivity index (χ2n) is 6.20. The summed E-state index contributed by atoms with van der Waals surface area (Å²) in [7, 11) is 0. The Hall–Kier alpha value is -2.06. The molecule has 2 nitrogen and oxygen atoms in total. The monoisotopic (exact) mass is 324 g/mol. The van der Waals surface area contributed by atoms with Gasteiger partial charge in [0.15, 0.2) is 0 Å². The topological polar surface area (TPSA) is 9.23 Å². The number of nitrogens with zero attached hydrogens (tertiary/aromatic N) is 1. The molecule has 0 fully saturated rings. The van der Waals surface area contributed by atoms with Crippen LogP contribution < -0.4 is 4.74 Å². The maximum Gasteiger partial charge on any atom is 0.230 e. The van der Waals surface area contributed by atoms with E-state index in [9.17, 15) is 0 Å². The second kappa shape index (κ2) is 8.70. The lowest BCUT2D eigenvalue weighted by Crippen LogP contribution is -2.56. The van der Waals surface area contributed by atoms with E-state index in [2.05, 4.69) is 88.4 Å². The van der Waals surface area contributed by atoms with Gasteiger partial charge in [-0.2, -0.15) is 0 Å². The Balaban J connectivity index is 2.03.